The van der Waals surface area contributed by atoms with E-state index in [1.165, 1.54) is 33.8 Å². The molecule has 1 N–H and O–H groups in total. The molecule has 0 spiro atoms. The first-order valence-electron chi connectivity index (χ1n) is 11.2. The molecule has 4 rings (SSSR count). The van der Waals surface area contributed by atoms with Crippen LogP contribution in [0.3, 0.4) is 0 Å². The Bertz CT molecular complexity index is 1120. The Labute approximate surface area is 197 Å². The van der Waals surface area contributed by atoms with E-state index in [1.54, 1.807) is 0 Å². The van der Waals surface area contributed by atoms with E-state index < -0.39 is 0 Å². The van der Waals surface area contributed by atoms with Crippen molar-refractivity contribution in [3.63, 3.8) is 0 Å². The molecule has 1 aliphatic rings. The molecule has 1 aromatic carbocycles. The van der Waals surface area contributed by atoms with E-state index in [0.29, 0.717) is 0 Å². The van der Waals surface area contributed by atoms with Crippen molar-refractivity contribution >= 4 is 17.3 Å². The van der Waals surface area contributed by atoms with Gasteiger partial charge in [-0.05, 0) is 95.0 Å². The minimum absolute atomic E-state index is 0.0124. The first-order valence-corrected chi connectivity index (χ1v) is 11.6. The summed E-state index contributed by atoms with van der Waals surface area (Å²) < 4.78 is 2.39. The summed E-state index contributed by atoms with van der Waals surface area (Å²) in [6, 6.07) is 15.1. The average Bonchev–Trinajstić information content (AvgIpc) is 3.24. The van der Waals surface area contributed by atoms with Crippen LogP contribution in [-0.4, -0.2) is 51.6 Å². The second-order valence-electron chi connectivity index (χ2n) is 9.00. The first-order chi connectivity index (χ1) is 15.3. The van der Waals surface area contributed by atoms with Crippen LogP contribution in [-0.2, 0) is 0 Å². The summed E-state index contributed by atoms with van der Waals surface area (Å²) in [7, 11) is 4.20. The summed E-state index contributed by atoms with van der Waals surface area (Å²) in [6.07, 6.45) is 1.86. The third kappa shape index (κ3) is 4.05. The lowest BCUT2D eigenvalue weighted by Crippen LogP contribution is -2.35. The topological polar surface area (TPSA) is 36.3 Å². The average molecular weight is 448 g/mol. The van der Waals surface area contributed by atoms with Gasteiger partial charge in [0, 0.05) is 36.4 Å². The molecular weight excluding hydrogens is 414 g/mol. The quantitative estimate of drug-likeness (QED) is 0.557. The maximum Gasteiger partial charge on any atom is 0.170 e. The fraction of sp³-hybridized carbons (Fsp3) is 0.385. The maximum absolute atomic E-state index is 5.82. The van der Waals surface area contributed by atoms with Crippen LogP contribution in [0.5, 0.6) is 0 Å². The van der Waals surface area contributed by atoms with E-state index >= 15 is 0 Å². The van der Waals surface area contributed by atoms with Gasteiger partial charge in [-0.2, -0.15) is 0 Å². The zero-order valence-corrected chi connectivity index (χ0v) is 20.7. The van der Waals surface area contributed by atoms with Crippen LogP contribution in [0.4, 0.5) is 0 Å². The normalized spacial score (nSPS) is 18.5. The zero-order valence-electron chi connectivity index (χ0n) is 19.9. The summed E-state index contributed by atoms with van der Waals surface area (Å²) in [5, 5.41) is 4.37. The minimum atomic E-state index is 0.0124. The van der Waals surface area contributed by atoms with Crippen molar-refractivity contribution in [3.8, 4) is 5.69 Å². The van der Waals surface area contributed by atoms with Gasteiger partial charge < -0.3 is 19.7 Å². The molecule has 168 valence electrons. The number of likely N-dealkylation sites (N-methyl/N-ethyl adjacent to an activating group) is 1. The predicted molar refractivity (Wildman–Crippen MR) is 135 cm³/mol. The molecule has 1 saturated heterocycles. The summed E-state index contributed by atoms with van der Waals surface area (Å²) in [5.74, 6) is 0. The van der Waals surface area contributed by atoms with Gasteiger partial charge in [-0.25, -0.2) is 0 Å². The van der Waals surface area contributed by atoms with Crippen LogP contribution in [0.2, 0.25) is 0 Å². The van der Waals surface area contributed by atoms with Crippen LogP contribution in [0.1, 0.15) is 45.9 Å². The molecule has 0 bridgehead atoms. The Morgan fingerprint density at radius 2 is 1.84 bits per heavy atom. The fourth-order valence-corrected chi connectivity index (χ4v) is 5.06. The van der Waals surface area contributed by atoms with Gasteiger partial charge >= 0.3 is 0 Å². The molecule has 32 heavy (non-hydrogen) atoms. The van der Waals surface area contributed by atoms with E-state index in [1.807, 2.05) is 18.3 Å². The number of nitrogens with zero attached hydrogens (tertiary/aromatic N) is 4. The van der Waals surface area contributed by atoms with Crippen molar-refractivity contribution in [1.82, 2.24) is 24.7 Å². The van der Waals surface area contributed by atoms with Gasteiger partial charge in [-0.1, -0.05) is 18.2 Å². The molecule has 1 fully saturated rings. The molecule has 5 nitrogen and oxygen atoms in total. The van der Waals surface area contributed by atoms with E-state index in [2.05, 4.69) is 96.8 Å². The van der Waals surface area contributed by atoms with Crippen molar-refractivity contribution in [2.24, 2.45) is 0 Å². The first kappa shape index (κ1) is 22.5. The maximum atomic E-state index is 5.82. The minimum Gasteiger partial charge on any atom is -0.352 e. The van der Waals surface area contributed by atoms with Gasteiger partial charge in [-0.15, -0.1) is 0 Å². The van der Waals surface area contributed by atoms with Crippen LogP contribution >= 0.6 is 12.2 Å². The lowest BCUT2D eigenvalue weighted by atomic mass is 9.96. The number of pyridine rings is 1. The van der Waals surface area contributed by atoms with Gasteiger partial charge in [0.05, 0.1) is 17.8 Å². The largest absolute Gasteiger partial charge is 0.352 e. The SMILES string of the molecule is Cc1cccc(-n2c(C)cc(C3C(c4ccccn4)NC(=S)N3CCN(C)C)c2C)c1C. The Hall–Kier alpha value is -2.70. The molecule has 3 aromatic rings. The monoisotopic (exact) mass is 447 g/mol. The van der Waals surface area contributed by atoms with Crippen molar-refractivity contribution in [2.75, 3.05) is 27.2 Å². The second kappa shape index (κ2) is 9.04. The lowest BCUT2D eigenvalue weighted by molar-refractivity contribution is 0.277. The number of rotatable bonds is 6. The highest BCUT2D eigenvalue weighted by Crippen LogP contribution is 2.41. The molecule has 0 saturated carbocycles. The fourth-order valence-electron chi connectivity index (χ4n) is 4.73. The molecule has 2 unspecified atom stereocenters. The summed E-state index contributed by atoms with van der Waals surface area (Å²) in [5.41, 5.74) is 8.66. The summed E-state index contributed by atoms with van der Waals surface area (Å²) in [4.78, 5) is 9.22. The molecular formula is C26H33N5S. The van der Waals surface area contributed by atoms with E-state index in [0.717, 1.165) is 23.9 Å². The van der Waals surface area contributed by atoms with Gasteiger partial charge in [0.15, 0.2) is 5.11 Å². The van der Waals surface area contributed by atoms with Crippen LogP contribution < -0.4 is 5.32 Å². The van der Waals surface area contributed by atoms with Crippen molar-refractivity contribution in [3.05, 3.63) is 82.4 Å². The summed E-state index contributed by atoms with van der Waals surface area (Å²) >= 11 is 5.82. The van der Waals surface area contributed by atoms with Crippen LogP contribution in [0, 0.1) is 27.7 Å². The number of thiocarbonyl (C=S) groups is 1. The Kier molecular flexibility index (Phi) is 6.35. The van der Waals surface area contributed by atoms with Gasteiger partial charge in [-0.3, -0.25) is 4.98 Å². The molecule has 0 radical (unpaired) electrons. The Morgan fingerprint density at radius 3 is 2.53 bits per heavy atom. The van der Waals surface area contributed by atoms with Crippen LogP contribution in [0.15, 0.2) is 48.7 Å². The Morgan fingerprint density at radius 1 is 1.06 bits per heavy atom. The van der Waals surface area contributed by atoms with E-state index in [9.17, 15) is 0 Å². The number of aryl methyl sites for hydroxylation is 2. The van der Waals surface area contributed by atoms with Crippen molar-refractivity contribution < 1.29 is 0 Å². The summed E-state index contributed by atoms with van der Waals surface area (Å²) in [6.45, 7) is 10.6. The molecule has 0 amide bonds. The smallest absolute Gasteiger partial charge is 0.170 e. The Balaban J connectivity index is 1.83. The molecule has 0 aliphatic carbocycles. The van der Waals surface area contributed by atoms with Gasteiger partial charge in [0.1, 0.15) is 0 Å². The van der Waals surface area contributed by atoms with Gasteiger partial charge in [0.25, 0.3) is 0 Å². The number of hydrogen-bond acceptors (Lipinski definition) is 3. The van der Waals surface area contributed by atoms with Crippen molar-refractivity contribution in [2.45, 2.75) is 39.8 Å². The number of aromatic nitrogens is 2. The third-order valence-corrected chi connectivity index (χ3v) is 6.94. The predicted octanol–water partition coefficient (Wildman–Crippen LogP) is 4.64. The zero-order chi connectivity index (χ0) is 23.0. The van der Waals surface area contributed by atoms with E-state index in [-0.39, 0.29) is 12.1 Å². The lowest BCUT2D eigenvalue weighted by Gasteiger charge is -2.29. The highest BCUT2D eigenvalue weighted by Gasteiger charge is 2.41. The van der Waals surface area contributed by atoms with E-state index in [4.69, 9.17) is 12.2 Å². The standard InChI is InChI=1S/C26H33N5S/c1-17-10-9-12-23(19(17)3)31-18(2)16-21(20(31)4)25-24(22-11-7-8-13-27-22)28-26(32)30(25)15-14-29(5)6/h7-13,16,24-25H,14-15H2,1-6H3,(H,28,32). The van der Waals surface area contributed by atoms with Gasteiger partial charge in [0.2, 0.25) is 0 Å². The number of hydrogen-bond donors (Lipinski definition) is 1. The molecule has 2 atom stereocenters. The third-order valence-electron chi connectivity index (χ3n) is 6.59. The molecule has 3 heterocycles. The number of nitrogens with one attached hydrogen (secondary N) is 1. The van der Waals surface area contributed by atoms with Crippen LogP contribution in [0.25, 0.3) is 5.69 Å². The highest BCUT2D eigenvalue weighted by atomic mass is 32.1. The number of benzene rings is 1. The molecule has 6 heteroatoms. The molecule has 2 aromatic heterocycles. The highest BCUT2D eigenvalue weighted by molar-refractivity contribution is 7.80. The van der Waals surface area contributed by atoms with Crippen molar-refractivity contribution in [1.29, 1.82) is 0 Å². The molecule has 1 aliphatic heterocycles. The second-order valence-corrected chi connectivity index (χ2v) is 9.39.